The fourth-order valence-corrected chi connectivity index (χ4v) is 5.84. The zero-order chi connectivity index (χ0) is 27.0. The molecular weight excluding hydrogens is 502 g/mol. The highest BCUT2D eigenvalue weighted by atomic mass is 19.1. The van der Waals surface area contributed by atoms with Crippen LogP contribution in [-0.2, 0) is 17.9 Å². The highest BCUT2D eigenvalue weighted by Crippen LogP contribution is 2.35. The zero-order valence-corrected chi connectivity index (χ0v) is 21.7. The lowest BCUT2D eigenvalue weighted by Crippen LogP contribution is -2.53. The van der Waals surface area contributed by atoms with Crippen molar-refractivity contribution >= 4 is 16.9 Å². The lowest BCUT2D eigenvalue weighted by Gasteiger charge is -2.40. The fourth-order valence-electron chi connectivity index (χ4n) is 5.84. The summed E-state index contributed by atoms with van der Waals surface area (Å²) in [5.41, 5.74) is 5.86. The van der Waals surface area contributed by atoms with E-state index in [1.807, 2.05) is 30.3 Å². The molecule has 0 spiro atoms. The number of piperidine rings is 2. The molecule has 0 unspecified atom stereocenters. The number of imidazole rings is 1. The Morgan fingerprint density at radius 2 is 1.82 bits per heavy atom. The number of halogens is 2. The number of hydrogen-bond acceptors (Lipinski definition) is 6. The van der Waals surface area contributed by atoms with Gasteiger partial charge in [-0.3, -0.25) is 14.7 Å². The predicted molar refractivity (Wildman–Crippen MR) is 143 cm³/mol. The normalized spacial score (nSPS) is 18.6. The third kappa shape index (κ3) is 5.06. The molecule has 0 bridgehead atoms. The summed E-state index contributed by atoms with van der Waals surface area (Å²) in [4.78, 5) is 26.3. The number of nitrogens with zero attached hydrogens (tertiary/aromatic N) is 5. The van der Waals surface area contributed by atoms with E-state index in [1.165, 1.54) is 12.1 Å². The fraction of sp³-hybridized carbons (Fsp3) is 0.414. The minimum Gasteiger partial charge on any atom is -0.463 e. The molecule has 204 valence electrons. The molecule has 10 heteroatoms. The predicted octanol–water partition coefficient (Wildman–Crippen LogP) is 4.46. The number of carbonyl (C=O) groups is 1. The molecule has 6 rings (SSSR count). The average Bonchev–Trinajstić information content (AvgIpc) is 3.58. The Labute approximate surface area is 225 Å². The molecule has 8 nitrogen and oxygen atoms in total. The Balaban J connectivity index is 1.12. The van der Waals surface area contributed by atoms with E-state index in [9.17, 15) is 9.18 Å². The largest absolute Gasteiger partial charge is 0.463 e. The number of hydrogen-bond donors (Lipinski definition) is 1. The smallest absolute Gasteiger partial charge is 0.260 e. The summed E-state index contributed by atoms with van der Waals surface area (Å²) < 4.78 is 37.7. The summed E-state index contributed by atoms with van der Waals surface area (Å²) in [5.74, 6) is 1.44. The van der Waals surface area contributed by atoms with E-state index < -0.39 is 11.6 Å². The second-order valence-corrected chi connectivity index (χ2v) is 10.5. The molecule has 4 aromatic rings. The van der Waals surface area contributed by atoms with Crippen LogP contribution in [0.4, 0.5) is 8.78 Å². The number of likely N-dealkylation sites (tertiary alicyclic amines) is 2. The Bertz CT molecular complexity index is 1450. The van der Waals surface area contributed by atoms with Gasteiger partial charge in [-0.2, -0.15) is 0 Å². The number of amides is 1. The van der Waals surface area contributed by atoms with E-state index in [1.54, 1.807) is 17.2 Å². The SMILES string of the molecule is NCc1ccc(CN2CCC(F)(C(=O)N3CCC(n4c(-c5ccccn5)nc5cc(F)ccc54)CC3)CC2)o1. The molecule has 0 saturated carbocycles. The topological polar surface area (TPSA) is 93.4 Å². The third-order valence-electron chi connectivity index (χ3n) is 7.99. The van der Waals surface area contributed by atoms with Crippen molar-refractivity contribution in [3.63, 3.8) is 0 Å². The number of rotatable bonds is 6. The summed E-state index contributed by atoms with van der Waals surface area (Å²) >= 11 is 0. The van der Waals surface area contributed by atoms with E-state index >= 15 is 4.39 Å². The summed E-state index contributed by atoms with van der Waals surface area (Å²) in [6.45, 7) is 2.81. The van der Waals surface area contributed by atoms with Crippen molar-refractivity contribution in [3.8, 4) is 11.5 Å². The van der Waals surface area contributed by atoms with Crippen molar-refractivity contribution in [1.29, 1.82) is 0 Å². The van der Waals surface area contributed by atoms with Crippen LogP contribution in [-0.4, -0.2) is 62.1 Å². The molecule has 39 heavy (non-hydrogen) atoms. The zero-order valence-electron chi connectivity index (χ0n) is 21.7. The number of benzene rings is 1. The molecule has 2 aliphatic rings. The molecule has 3 aromatic heterocycles. The van der Waals surface area contributed by atoms with Crippen molar-refractivity contribution in [1.82, 2.24) is 24.3 Å². The van der Waals surface area contributed by atoms with Crippen LogP contribution in [0.15, 0.2) is 59.1 Å². The maximum absolute atomic E-state index is 15.9. The minimum atomic E-state index is -1.85. The minimum absolute atomic E-state index is 0.0330. The van der Waals surface area contributed by atoms with Crippen LogP contribution in [0.25, 0.3) is 22.6 Å². The first-order chi connectivity index (χ1) is 18.9. The molecule has 2 aliphatic heterocycles. The van der Waals surface area contributed by atoms with E-state index in [0.29, 0.717) is 69.1 Å². The average molecular weight is 535 g/mol. The van der Waals surface area contributed by atoms with Gasteiger partial charge in [-0.1, -0.05) is 6.07 Å². The van der Waals surface area contributed by atoms with Gasteiger partial charge in [0, 0.05) is 57.3 Å². The quantitative estimate of drug-likeness (QED) is 0.393. The molecule has 1 amide bonds. The maximum Gasteiger partial charge on any atom is 0.260 e. The third-order valence-corrected chi connectivity index (χ3v) is 7.99. The van der Waals surface area contributed by atoms with Gasteiger partial charge in [-0.15, -0.1) is 0 Å². The summed E-state index contributed by atoms with van der Waals surface area (Å²) in [6, 6.07) is 14.0. The van der Waals surface area contributed by atoms with Gasteiger partial charge in [0.1, 0.15) is 23.0 Å². The van der Waals surface area contributed by atoms with Crippen molar-refractivity contribution < 1.29 is 18.0 Å². The van der Waals surface area contributed by atoms with E-state index in [-0.39, 0.29) is 24.7 Å². The first-order valence-electron chi connectivity index (χ1n) is 13.5. The van der Waals surface area contributed by atoms with Gasteiger partial charge < -0.3 is 19.6 Å². The van der Waals surface area contributed by atoms with Gasteiger partial charge in [0.2, 0.25) is 0 Å². The molecule has 1 aromatic carbocycles. The second-order valence-electron chi connectivity index (χ2n) is 10.5. The van der Waals surface area contributed by atoms with Gasteiger partial charge >= 0.3 is 0 Å². The molecule has 2 N–H and O–H groups in total. The van der Waals surface area contributed by atoms with Crippen LogP contribution in [0.5, 0.6) is 0 Å². The van der Waals surface area contributed by atoms with Gasteiger partial charge in [0.15, 0.2) is 11.5 Å². The number of fused-ring (bicyclic) bond motifs is 1. The summed E-state index contributed by atoms with van der Waals surface area (Å²) in [6.07, 6.45) is 3.34. The summed E-state index contributed by atoms with van der Waals surface area (Å²) in [5, 5.41) is 0. The number of pyridine rings is 1. The number of alkyl halides is 1. The molecule has 2 saturated heterocycles. The number of furan rings is 1. The van der Waals surface area contributed by atoms with Gasteiger partial charge in [-0.05, 0) is 49.2 Å². The van der Waals surface area contributed by atoms with E-state index in [0.717, 1.165) is 17.0 Å². The highest BCUT2D eigenvalue weighted by molar-refractivity contribution is 5.85. The number of aromatic nitrogens is 3. The van der Waals surface area contributed by atoms with Crippen LogP contribution in [0.3, 0.4) is 0 Å². The van der Waals surface area contributed by atoms with Crippen molar-refractivity contribution in [2.45, 2.75) is 50.5 Å². The van der Waals surface area contributed by atoms with E-state index in [4.69, 9.17) is 15.1 Å². The Morgan fingerprint density at radius 1 is 1.05 bits per heavy atom. The van der Waals surface area contributed by atoms with Crippen LogP contribution >= 0.6 is 0 Å². The molecule has 0 atom stereocenters. The van der Waals surface area contributed by atoms with Gasteiger partial charge in [0.05, 0.1) is 24.1 Å². The molecule has 0 aliphatic carbocycles. The van der Waals surface area contributed by atoms with Crippen LogP contribution < -0.4 is 5.73 Å². The Hall–Kier alpha value is -3.63. The first kappa shape index (κ1) is 25.6. The van der Waals surface area contributed by atoms with E-state index in [2.05, 4.69) is 14.5 Å². The highest BCUT2D eigenvalue weighted by Gasteiger charge is 2.45. The lowest BCUT2D eigenvalue weighted by molar-refractivity contribution is -0.149. The monoisotopic (exact) mass is 534 g/mol. The Morgan fingerprint density at radius 3 is 2.51 bits per heavy atom. The molecule has 2 fully saturated rings. The van der Waals surface area contributed by atoms with Gasteiger partial charge in [-0.25, -0.2) is 13.8 Å². The first-order valence-corrected chi connectivity index (χ1v) is 13.5. The summed E-state index contributed by atoms with van der Waals surface area (Å²) in [7, 11) is 0. The molecule has 0 radical (unpaired) electrons. The number of nitrogens with two attached hydrogens (primary N) is 1. The standard InChI is InChI=1S/C29H32F2N6O2/c30-20-4-7-26-25(17-20)34-27(24-3-1-2-12-33-24)37(26)21-8-13-36(14-9-21)28(38)29(31)10-15-35(16-11-29)19-23-6-5-22(18-32)39-23/h1-7,12,17,21H,8-11,13-16,18-19,32H2. The van der Waals surface area contributed by atoms with Crippen molar-refractivity contribution in [3.05, 3.63) is 72.1 Å². The maximum atomic E-state index is 15.9. The molecular formula is C29H32F2N6O2. The number of carbonyl (C=O) groups excluding carboxylic acids is 1. The van der Waals surface area contributed by atoms with Gasteiger partial charge in [0.25, 0.3) is 5.91 Å². The van der Waals surface area contributed by atoms with Crippen LogP contribution in [0.2, 0.25) is 0 Å². The lowest BCUT2D eigenvalue weighted by atomic mass is 9.90. The van der Waals surface area contributed by atoms with Crippen LogP contribution in [0.1, 0.15) is 43.2 Å². The van der Waals surface area contributed by atoms with Crippen LogP contribution in [0, 0.1) is 5.82 Å². The second kappa shape index (κ2) is 10.5. The van der Waals surface area contributed by atoms with Crippen molar-refractivity contribution in [2.75, 3.05) is 26.2 Å². The Kier molecular flexibility index (Phi) is 6.90. The molecule has 5 heterocycles. The van der Waals surface area contributed by atoms with Crippen molar-refractivity contribution in [2.24, 2.45) is 5.73 Å².